The molecule has 0 fully saturated rings. The summed E-state index contributed by atoms with van der Waals surface area (Å²) < 4.78 is 92.0. The molecule has 0 saturated carbocycles. The number of hydrogen-bond acceptors (Lipinski definition) is 9. The summed E-state index contributed by atoms with van der Waals surface area (Å²) in [5.74, 6) is -1.30. The Morgan fingerprint density at radius 2 is 1.16 bits per heavy atom. The van der Waals surface area contributed by atoms with Crippen molar-refractivity contribution in [3.63, 3.8) is 0 Å². The number of phenolic OH excluding ortho intramolecular Hbond substituents is 1. The minimum absolute atomic E-state index is 0.0514. The third-order valence-corrected chi connectivity index (χ3v) is 8.51. The molecular weight excluding hydrogens is 484 g/mol. The maximum absolute atomic E-state index is 12.6. The molecule has 0 spiro atoms. The van der Waals surface area contributed by atoms with Crippen molar-refractivity contribution in [3.05, 3.63) is 42.0 Å². The van der Waals surface area contributed by atoms with Crippen molar-refractivity contribution >= 4 is 62.7 Å². The maximum Gasteiger partial charge on any atom is 0.297 e. The molecule has 0 heterocycles. The molecule has 0 aliphatic rings. The molecule has 0 aliphatic carbocycles. The fourth-order valence-corrected chi connectivity index (χ4v) is 6.30. The van der Waals surface area contributed by atoms with Crippen molar-refractivity contribution < 1.29 is 43.3 Å². The van der Waals surface area contributed by atoms with Crippen LogP contribution in [0.4, 0.5) is 0 Å². The van der Waals surface area contributed by atoms with Gasteiger partial charge in [-0.15, -0.1) is 0 Å². The molecule has 13 heteroatoms. The van der Waals surface area contributed by atoms with E-state index in [4.69, 9.17) is 0 Å². The van der Waals surface area contributed by atoms with Crippen LogP contribution in [0.3, 0.4) is 0 Å². The van der Waals surface area contributed by atoms with E-state index in [2.05, 4.69) is 8.37 Å². The van der Waals surface area contributed by atoms with E-state index in [0.717, 1.165) is 26.4 Å². The lowest BCUT2D eigenvalue weighted by atomic mass is 9.92. The smallest absolute Gasteiger partial charge is 0.297 e. The quantitative estimate of drug-likeness (QED) is 0.228. The van der Waals surface area contributed by atoms with Crippen molar-refractivity contribution in [2.75, 3.05) is 14.2 Å². The molecule has 4 aromatic carbocycles. The number of aromatic hydroxyl groups is 1. The highest BCUT2D eigenvalue weighted by Crippen LogP contribution is 2.44. The van der Waals surface area contributed by atoms with Gasteiger partial charge < -0.3 is 5.11 Å². The highest BCUT2D eigenvalue weighted by atomic mass is 32.2. The molecule has 10 nitrogen and oxygen atoms in total. The van der Waals surface area contributed by atoms with Crippen molar-refractivity contribution in [2.24, 2.45) is 0 Å². The van der Waals surface area contributed by atoms with Crippen LogP contribution in [0.5, 0.6) is 5.75 Å². The fourth-order valence-electron chi connectivity index (χ4n) is 3.89. The first kappa shape index (κ1) is 22.6. The van der Waals surface area contributed by atoms with Gasteiger partial charge in [0.1, 0.15) is 21.3 Å². The molecule has 0 bridgehead atoms. The largest absolute Gasteiger partial charge is 0.507 e. The van der Waals surface area contributed by atoms with Crippen molar-refractivity contribution in [3.8, 4) is 5.75 Å². The summed E-state index contributed by atoms with van der Waals surface area (Å²) in [7, 11) is -11.3. The van der Waals surface area contributed by atoms with E-state index in [1.807, 2.05) is 0 Å². The Bertz CT molecular complexity index is 1720. The summed E-state index contributed by atoms with van der Waals surface area (Å²) in [5, 5.41) is 11.6. The zero-order valence-corrected chi connectivity index (χ0v) is 19.0. The first-order valence-corrected chi connectivity index (χ1v) is 13.3. The molecule has 170 valence electrons. The van der Waals surface area contributed by atoms with Crippen molar-refractivity contribution in [2.45, 2.75) is 15.5 Å². The van der Waals surface area contributed by atoms with Gasteiger partial charge in [0.15, 0.2) is 0 Å². The third-order valence-electron chi connectivity index (χ3n) is 5.20. The Kier molecular flexibility index (Phi) is 5.11. The summed E-state index contributed by atoms with van der Waals surface area (Å²) in [6.45, 7) is 0. The van der Waals surface area contributed by atoms with Crippen LogP contribution in [-0.2, 0) is 44.5 Å². The Labute approximate surface area is 183 Å². The lowest BCUT2D eigenvalue weighted by molar-refractivity contribution is 0.397. The van der Waals surface area contributed by atoms with Crippen LogP contribution in [-0.4, -0.2) is 49.1 Å². The zero-order chi connectivity index (χ0) is 23.6. The average Bonchev–Trinajstić information content (AvgIpc) is 2.72. The molecule has 0 saturated heterocycles. The molecule has 4 rings (SSSR count). The fraction of sp³-hybridized carbons (Fsp3) is 0.158. The molecule has 0 radical (unpaired) electrons. The molecule has 0 amide bonds. The van der Waals surface area contributed by atoms with E-state index < -0.39 is 41.9 Å². The predicted octanol–water partition coefficient (Wildman–Crippen LogP) is 2.35. The molecule has 0 aliphatic heterocycles. The second-order valence-corrected chi connectivity index (χ2v) is 11.8. The second kappa shape index (κ2) is 7.23. The minimum Gasteiger partial charge on any atom is -0.507 e. The lowest BCUT2D eigenvalue weighted by Crippen LogP contribution is -2.09. The summed E-state index contributed by atoms with van der Waals surface area (Å²) in [6.07, 6.45) is 0. The van der Waals surface area contributed by atoms with E-state index in [1.54, 1.807) is 0 Å². The van der Waals surface area contributed by atoms with Gasteiger partial charge in [0.2, 0.25) is 0 Å². The Balaban J connectivity index is 2.34. The van der Waals surface area contributed by atoms with Gasteiger partial charge >= 0.3 is 0 Å². The first-order chi connectivity index (χ1) is 14.8. The zero-order valence-electron chi connectivity index (χ0n) is 16.6. The molecule has 2 N–H and O–H groups in total. The van der Waals surface area contributed by atoms with E-state index in [1.165, 1.54) is 24.3 Å². The standard InChI is InChI=1S/C19H16O10S3/c1-28-31(24,25)16-7-10(9-30(21,22)23)11-3-4-12-15(20)8-17(32(26,27)29-2)14-6-5-13(16)18(11)19(12)14/h3-8,20H,9H2,1-2H3,(H,21,22,23). The van der Waals surface area contributed by atoms with Gasteiger partial charge in [0, 0.05) is 27.6 Å². The predicted molar refractivity (Wildman–Crippen MR) is 115 cm³/mol. The summed E-state index contributed by atoms with van der Waals surface area (Å²) in [4.78, 5) is -0.726. The van der Waals surface area contributed by atoms with Gasteiger partial charge in [-0.2, -0.15) is 25.3 Å². The molecule has 32 heavy (non-hydrogen) atoms. The van der Waals surface area contributed by atoms with Crippen LogP contribution in [0.25, 0.3) is 32.3 Å². The average molecular weight is 501 g/mol. The first-order valence-electron chi connectivity index (χ1n) is 8.83. The topological polar surface area (TPSA) is 161 Å². The van der Waals surface area contributed by atoms with Crippen molar-refractivity contribution in [1.82, 2.24) is 0 Å². The van der Waals surface area contributed by atoms with Gasteiger partial charge in [0.25, 0.3) is 30.4 Å². The molecule has 0 atom stereocenters. The monoisotopic (exact) mass is 500 g/mol. The van der Waals surface area contributed by atoms with E-state index in [0.29, 0.717) is 0 Å². The van der Waals surface area contributed by atoms with Gasteiger partial charge in [-0.05, 0) is 28.5 Å². The molecule has 0 unspecified atom stereocenters. The maximum atomic E-state index is 12.6. The Morgan fingerprint density at radius 3 is 1.66 bits per heavy atom. The van der Waals surface area contributed by atoms with Crippen LogP contribution >= 0.6 is 0 Å². The Morgan fingerprint density at radius 1 is 0.719 bits per heavy atom. The van der Waals surface area contributed by atoms with Gasteiger partial charge in [-0.3, -0.25) is 12.9 Å². The Hall–Kier alpha value is -2.55. The third kappa shape index (κ3) is 3.46. The second-order valence-electron chi connectivity index (χ2n) is 6.97. The van der Waals surface area contributed by atoms with E-state index in [-0.39, 0.29) is 47.7 Å². The highest BCUT2D eigenvalue weighted by molar-refractivity contribution is 7.87. The number of benzene rings is 4. The normalized spacial score (nSPS) is 13.5. The van der Waals surface area contributed by atoms with E-state index in [9.17, 15) is 34.9 Å². The summed E-state index contributed by atoms with van der Waals surface area (Å²) in [5.41, 5.74) is -0.0514. The van der Waals surface area contributed by atoms with Crippen LogP contribution in [0.1, 0.15) is 5.56 Å². The van der Waals surface area contributed by atoms with Crippen molar-refractivity contribution in [1.29, 1.82) is 0 Å². The van der Waals surface area contributed by atoms with Gasteiger partial charge in [-0.25, -0.2) is 0 Å². The highest BCUT2D eigenvalue weighted by Gasteiger charge is 2.27. The van der Waals surface area contributed by atoms with Crippen LogP contribution in [0.2, 0.25) is 0 Å². The van der Waals surface area contributed by atoms with Crippen LogP contribution in [0.15, 0.2) is 46.2 Å². The van der Waals surface area contributed by atoms with Gasteiger partial charge in [0.05, 0.1) is 14.2 Å². The lowest BCUT2D eigenvalue weighted by Gasteiger charge is -2.18. The van der Waals surface area contributed by atoms with Crippen LogP contribution in [0, 0.1) is 0 Å². The van der Waals surface area contributed by atoms with Crippen LogP contribution < -0.4 is 0 Å². The summed E-state index contributed by atoms with van der Waals surface area (Å²) in [6, 6.07) is 7.73. The number of phenols is 1. The number of rotatable bonds is 6. The SMILES string of the molecule is COS(=O)(=O)c1cc(O)c2ccc3c(CS(=O)(=O)O)cc(S(=O)(=O)OC)c4ccc1c2c34. The minimum atomic E-state index is -4.56. The molecule has 4 aromatic rings. The summed E-state index contributed by atoms with van der Waals surface area (Å²) >= 11 is 0. The van der Waals surface area contributed by atoms with E-state index >= 15 is 0 Å². The number of hydrogen-bond donors (Lipinski definition) is 2. The van der Waals surface area contributed by atoms with Gasteiger partial charge in [-0.1, -0.05) is 18.2 Å². The molecular formula is C19H16O10S3. The molecule has 0 aromatic heterocycles.